The lowest BCUT2D eigenvalue weighted by Gasteiger charge is -2.26. The third kappa shape index (κ3) is 3.06. The van der Waals surface area contributed by atoms with Crippen LogP contribution in [0.1, 0.15) is 19.4 Å². The molecule has 1 aromatic rings. The number of hydrogen-bond acceptors (Lipinski definition) is 3. The summed E-state index contributed by atoms with van der Waals surface area (Å²) < 4.78 is 1.72. The fourth-order valence-corrected chi connectivity index (χ4v) is 1.92. The fourth-order valence-electron chi connectivity index (χ4n) is 1.92. The summed E-state index contributed by atoms with van der Waals surface area (Å²) in [5.74, 6) is -0.694. The fraction of sp³-hybridized carbons (Fsp3) is 0.636. The van der Waals surface area contributed by atoms with Crippen LogP contribution in [0.25, 0.3) is 0 Å². The first kappa shape index (κ1) is 12.7. The number of carboxylic acids is 1. The van der Waals surface area contributed by atoms with E-state index in [1.165, 1.54) is 0 Å². The summed E-state index contributed by atoms with van der Waals surface area (Å²) in [6.07, 6.45) is 3.66. The van der Waals surface area contributed by atoms with Crippen LogP contribution in [0.3, 0.4) is 0 Å². The van der Waals surface area contributed by atoms with Crippen LogP contribution < -0.4 is 0 Å². The van der Waals surface area contributed by atoms with Crippen molar-refractivity contribution in [3.05, 3.63) is 18.0 Å². The lowest BCUT2D eigenvalue weighted by atomic mass is 10.0. The summed E-state index contributed by atoms with van der Waals surface area (Å²) in [6, 6.07) is -0.458. The average Bonchev–Trinajstić information content (AvgIpc) is 2.49. The summed E-state index contributed by atoms with van der Waals surface area (Å²) in [6.45, 7) is 4.43. The SMILES string of the molecule is CC(C)C(C(=O)O)N(C)Cc1cnn(C)c1. The Kier molecular flexibility index (Phi) is 4.06. The second-order valence-corrected chi connectivity index (χ2v) is 4.46. The molecule has 0 spiro atoms. The maximum absolute atomic E-state index is 11.1. The van der Waals surface area contributed by atoms with Crippen molar-refractivity contribution >= 4 is 5.97 Å². The zero-order valence-electron chi connectivity index (χ0n) is 10.2. The van der Waals surface area contributed by atoms with E-state index in [0.717, 1.165) is 5.56 Å². The van der Waals surface area contributed by atoms with E-state index in [0.29, 0.717) is 6.54 Å². The molecule has 16 heavy (non-hydrogen) atoms. The lowest BCUT2D eigenvalue weighted by molar-refractivity contribution is -0.144. The number of hydrogen-bond donors (Lipinski definition) is 1. The van der Waals surface area contributed by atoms with Crippen molar-refractivity contribution in [2.75, 3.05) is 7.05 Å². The molecule has 0 aliphatic rings. The molecule has 1 rings (SSSR count). The zero-order valence-corrected chi connectivity index (χ0v) is 10.2. The first-order valence-electron chi connectivity index (χ1n) is 5.32. The van der Waals surface area contributed by atoms with E-state index in [1.54, 1.807) is 10.9 Å². The monoisotopic (exact) mass is 225 g/mol. The lowest BCUT2D eigenvalue weighted by Crippen LogP contribution is -2.41. The van der Waals surface area contributed by atoms with Crippen LogP contribution >= 0.6 is 0 Å². The van der Waals surface area contributed by atoms with E-state index in [4.69, 9.17) is 5.11 Å². The Hall–Kier alpha value is -1.36. The van der Waals surface area contributed by atoms with Crippen molar-refractivity contribution < 1.29 is 9.90 Å². The van der Waals surface area contributed by atoms with Crippen LogP contribution in [0, 0.1) is 5.92 Å². The van der Waals surface area contributed by atoms with Gasteiger partial charge in [0.2, 0.25) is 0 Å². The molecular weight excluding hydrogens is 206 g/mol. The molecule has 0 aliphatic heterocycles. The van der Waals surface area contributed by atoms with Crippen LogP contribution in [-0.2, 0) is 18.4 Å². The number of aryl methyl sites for hydroxylation is 1. The molecule has 0 radical (unpaired) electrons. The Bertz CT molecular complexity index is 360. The largest absolute Gasteiger partial charge is 0.480 e. The number of rotatable bonds is 5. The molecule has 90 valence electrons. The highest BCUT2D eigenvalue weighted by Gasteiger charge is 2.26. The molecule has 5 nitrogen and oxygen atoms in total. The van der Waals surface area contributed by atoms with E-state index in [2.05, 4.69) is 5.10 Å². The Morgan fingerprint density at radius 2 is 2.25 bits per heavy atom. The Labute approximate surface area is 95.7 Å². The van der Waals surface area contributed by atoms with Crippen LogP contribution in [0.15, 0.2) is 12.4 Å². The van der Waals surface area contributed by atoms with Gasteiger partial charge in [-0.2, -0.15) is 5.10 Å². The average molecular weight is 225 g/mol. The summed E-state index contributed by atoms with van der Waals surface area (Å²) in [7, 11) is 3.67. The molecule has 0 saturated heterocycles. The maximum Gasteiger partial charge on any atom is 0.321 e. The first-order chi connectivity index (χ1) is 7.41. The molecule has 0 bridgehead atoms. The van der Waals surface area contributed by atoms with Crippen molar-refractivity contribution in [3.8, 4) is 0 Å². The number of aromatic nitrogens is 2. The second-order valence-electron chi connectivity index (χ2n) is 4.46. The van der Waals surface area contributed by atoms with Crippen molar-refractivity contribution in [3.63, 3.8) is 0 Å². The molecule has 5 heteroatoms. The predicted octanol–water partition coefficient (Wildman–Crippen LogP) is 0.961. The van der Waals surface area contributed by atoms with Gasteiger partial charge >= 0.3 is 5.97 Å². The van der Waals surface area contributed by atoms with Gasteiger partial charge in [0.05, 0.1) is 6.20 Å². The van der Waals surface area contributed by atoms with Crippen LogP contribution in [0.2, 0.25) is 0 Å². The Morgan fingerprint density at radius 3 is 2.62 bits per heavy atom. The normalized spacial score (nSPS) is 13.4. The first-order valence-corrected chi connectivity index (χ1v) is 5.32. The predicted molar refractivity (Wildman–Crippen MR) is 60.9 cm³/mol. The third-order valence-corrected chi connectivity index (χ3v) is 2.55. The van der Waals surface area contributed by atoms with Gasteiger partial charge in [0.15, 0.2) is 0 Å². The van der Waals surface area contributed by atoms with Gasteiger partial charge < -0.3 is 5.11 Å². The van der Waals surface area contributed by atoms with E-state index >= 15 is 0 Å². The van der Waals surface area contributed by atoms with E-state index in [1.807, 2.05) is 39.0 Å². The maximum atomic E-state index is 11.1. The summed E-state index contributed by atoms with van der Waals surface area (Å²) in [4.78, 5) is 13.0. The molecule has 1 N–H and O–H groups in total. The topological polar surface area (TPSA) is 58.4 Å². The van der Waals surface area contributed by atoms with Crippen LogP contribution in [0.4, 0.5) is 0 Å². The highest BCUT2D eigenvalue weighted by atomic mass is 16.4. The third-order valence-electron chi connectivity index (χ3n) is 2.55. The van der Waals surface area contributed by atoms with E-state index < -0.39 is 12.0 Å². The molecule has 0 amide bonds. The molecule has 0 aromatic carbocycles. The Balaban J connectivity index is 2.69. The minimum absolute atomic E-state index is 0.0826. The standard InChI is InChI=1S/C11H19N3O2/c1-8(2)10(11(15)16)13(3)6-9-5-12-14(4)7-9/h5,7-8,10H,6H2,1-4H3,(H,15,16). The minimum Gasteiger partial charge on any atom is -0.480 e. The molecule has 1 unspecified atom stereocenters. The van der Waals surface area contributed by atoms with E-state index in [-0.39, 0.29) is 5.92 Å². The van der Waals surface area contributed by atoms with Crippen molar-refractivity contribution in [1.29, 1.82) is 0 Å². The van der Waals surface area contributed by atoms with Gasteiger partial charge in [-0.15, -0.1) is 0 Å². The molecule has 0 aliphatic carbocycles. The van der Waals surface area contributed by atoms with Gasteiger partial charge in [-0.1, -0.05) is 13.8 Å². The van der Waals surface area contributed by atoms with Gasteiger partial charge in [-0.25, -0.2) is 0 Å². The van der Waals surface area contributed by atoms with Gasteiger partial charge in [-0.3, -0.25) is 14.4 Å². The number of nitrogens with zero attached hydrogens (tertiary/aromatic N) is 3. The Morgan fingerprint density at radius 1 is 1.62 bits per heavy atom. The quantitative estimate of drug-likeness (QED) is 0.811. The molecule has 0 fully saturated rings. The number of carboxylic acid groups (broad SMARTS) is 1. The van der Waals surface area contributed by atoms with Gasteiger partial charge in [0.25, 0.3) is 0 Å². The summed E-state index contributed by atoms with van der Waals surface area (Å²) >= 11 is 0. The van der Waals surface area contributed by atoms with Crippen molar-refractivity contribution in [2.45, 2.75) is 26.4 Å². The van der Waals surface area contributed by atoms with E-state index in [9.17, 15) is 4.79 Å². The van der Waals surface area contributed by atoms with Gasteiger partial charge in [0, 0.05) is 25.4 Å². The minimum atomic E-state index is -0.776. The second kappa shape index (κ2) is 5.12. The molecule has 1 aromatic heterocycles. The molecule has 0 saturated carbocycles. The number of carbonyl (C=O) groups is 1. The highest BCUT2D eigenvalue weighted by molar-refractivity contribution is 5.73. The highest BCUT2D eigenvalue weighted by Crippen LogP contribution is 2.12. The summed E-state index contributed by atoms with van der Waals surface area (Å²) in [5, 5.41) is 13.2. The number of likely N-dealkylation sites (N-methyl/N-ethyl adjacent to an activating group) is 1. The van der Waals surface area contributed by atoms with Gasteiger partial charge in [-0.05, 0) is 13.0 Å². The molecular formula is C11H19N3O2. The van der Waals surface area contributed by atoms with Crippen molar-refractivity contribution in [2.24, 2.45) is 13.0 Å². The van der Waals surface area contributed by atoms with Crippen LogP contribution in [0.5, 0.6) is 0 Å². The molecule has 1 atom stereocenters. The van der Waals surface area contributed by atoms with Crippen molar-refractivity contribution in [1.82, 2.24) is 14.7 Å². The van der Waals surface area contributed by atoms with Crippen LogP contribution in [-0.4, -0.2) is 38.8 Å². The number of aliphatic carboxylic acids is 1. The summed E-state index contributed by atoms with van der Waals surface area (Å²) in [5.41, 5.74) is 1.02. The molecule has 1 heterocycles. The zero-order chi connectivity index (χ0) is 12.3. The smallest absolute Gasteiger partial charge is 0.321 e. The van der Waals surface area contributed by atoms with Gasteiger partial charge in [0.1, 0.15) is 6.04 Å².